The minimum absolute atomic E-state index is 0.272. The van der Waals surface area contributed by atoms with Gasteiger partial charge in [0.1, 0.15) is 0 Å². The van der Waals surface area contributed by atoms with Gasteiger partial charge in [-0.25, -0.2) is 0 Å². The molecule has 1 aliphatic rings. The summed E-state index contributed by atoms with van der Waals surface area (Å²) < 4.78 is 0. The van der Waals surface area contributed by atoms with Crippen molar-refractivity contribution < 1.29 is 5.11 Å². The molecule has 1 heteroatoms. The molecule has 0 spiro atoms. The lowest BCUT2D eigenvalue weighted by Crippen LogP contribution is -2.19. The molecule has 2 atom stereocenters. The first-order chi connectivity index (χ1) is 7.33. The van der Waals surface area contributed by atoms with E-state index in [0.717, 1.165) is 24.8 Å². The van der Waals surface area contributed by atoms with Crippen molar-refractivity contribution in [2.24, 2.45) is 5.92 Å². The number of hydrogen-bond acceptors (Lipinski definition) is 1. The number of hydrogen-bond donors (Lipinski definition) is 1. The van der Waals surface area contributed by atoms with Crippen LogP contribution in [0.1, 0.15) is 37.0 Å². The number of benzene rings is 1. The second-order valence-electron chi connectivity index (χ2n) is 4.25. The second-order valence-corrected chi connectivity index (χ2v) is 4.25. The molecule has 0 saturated heterocycles. The Labute approximate surface area is 91.4 Å². The van der Waals surface area contributed by atoms with Gasteiger partial charge in [-0.3, -0.25) is 0 Å². The van der Waals surface area contributed by atoms with Crippen molar-refractivity contribution in [1.29, 1.82) is 0 Å². The first-order valence-corrected chi connectivity index (χ1v) is 5.70. The molecule has 0 unspecified atom stereocenters. The Hall–Kier alpha value is -1.08. The number of fused-ring (bicyclic) bond motifs is 1. The van der Waals surface area contributed by atoms with Crippen LogP contribution in [0.3, 0.4) is 0 Å². The maximum atomic E-state index is 10.2. The summed E-state index contributed by atoms with van der Waals surface area (Å²) in [5.41, 5.74) is 2.46. The van der Waals surface area contributed by atoms with Crippen LogP contribution in [-0.2, 0) is 6.42 Å². The fourth-order valence-electron chi connectivity index (χ4n) is 2.36. The van der Waals surface area contributed by atoms with Crippen LogP contribution in [0.4, 0.5) is 0 Å². The van der Waals surface area contributed by atoms with Crippen LogP contribution in [0, 0.1) is 5.92 Å². The van der Waals surface area contributed by atoms with E-state index in [0.29, 0.717) is 5.92 Å². The lowest BCUT2D eigenvalue weighted by Gasteiger charge is -2.29. The molecule has 80 valence electrons. The van der Waals surface area contributed by atoms with Crippen molar-refractivity contribution in [3.05, 3.63) is 47.5 Å². The highest BCUT2D eigenvalue weighted by atomic mass is 16.3. The highest BCUT2D eigenvalue weighted by molar-refractivity contribution is 5.31. The zero-order chi connectivity index (χ0) is 10.7. The van der Waals surface area contributed by atoms with E-state index in [9.17, 15) is 5.11 Å². The summed E-state index contributed by atoms with van der Waals surface area (Å²) in [6.07, 6.45) is 7.14. The zero-order valence-electron chi connectivity index (χ0n) is 9.19. The van der Waals surface area contributed by atoms with E-state index in [1.165, 1.54) is 5.56 Å². The third kappa shape index (κ3) is 2.13. The number of aryl methyl sites for hydroxylation is 1. The van der Waals surface area contributed by atoms with Gasteiger partial charge in [-0.1, -0.05) is 36.4 Å². The molecule has 0 amide bonds. The molecule has 1 nitrogen and oxygen atoms in total. The monoisotopic (exact) mass is 202 g/mol. The summed E-state index contributed by atoms with van der Waals surface area (Å²) in [6.45, 7) is 2.03. The minimum atomic E-state index is -0.272. The third-order valence-electron chi connectivity index (χ3n) is 3.28. The van der Waals surface area contributed by atoms with Gasteiger partial charge in [0.25, 0.3) is 0 Å². The van der Waals surface area contributed by atoms with E-state index in [-0.39, 0.29) is 6.10 Å². The lowest BCUT2D eigenvalue weighted by atomic mass is 9.80. The van der Waals surface area contributed by atoms with Crippen LogP contribution in [0.2, 0.25) is 0 Å². The number of aliphatic hydroxyl groups is 1. The van der Waals surface area contributed by atoms with Gasteiger partial charge in [0.05, 0.1) is 6.10 Å². The molecule has 0 bridgehead atoms. The lowest BCUT2D eigenvalue weighted by molar-refractivity contribution is 0.0951. The van der Waals surface area contributed by atoms with Crippen molar-refractivity contribution in [2.75, 3.05) is 0 Å². The SMILES string of the molecule is C/C=C/C[C@@H]1CCc2ccccc2[C@H]1O. The molecule has 0 heterocycles. The Morgan fingerprint density at radius 1 is 1.40 bits per heavy atom. The molecule has 0 saturated carbocycles. The fraction of sp³-hybridized carbons (Fsp3) is 0.429. The molecule has 1 aromatic rings. The average Bonchev–Trinajstić information content (AvgIpc) is 2.29. The Morgan fingerprint density at radius 3 is 3.00 bits per heavy atom. The van der Waals surface area contributed by atoms with Crippen molar-refractivity contribution in [3.8, 4) is 0 Å². The normalized spacial score (nSPS) is 25.5. The summed E-state index contributed by atoms with van der Waals surface area (Å²) in [7, 11) is 0. The Balaban J connectivity index is 2.18. The van der Waals surface area contributed by atoms with Crippen LogP contribution in [0.5, 0.6) is 0 Å². The molecular formula is C14H18O. The molecule has 0 aliphatic heterocycles. The quantitative estimate of drug-likeness (QED) is 0.730. The highest BCUT2D eigenvalue weighted by Gasteiger charge is 2.26. The molecule has 1 aliphatic carbocycles. The summed E-state index contributed by atoms with van der Waals surface area (Å²) in [5.74, 6) is 0.399. The molecule has 2 rings (SSSR count). The van der Waals surface area contributed by atoms with Crippen molar-refractivity contribution in [3.63, 3.8) is 0 Å². The Morgan fingerprint density at radius 2 is 2.20 bits per heavy atom. The number of rotatable bonds is 2. The van der Waals surface area contributed by atoms with Crippen LogP contribution in [-0.4, -0.2) is 5.11 Å². The molecule has 1 aromatic carbocycles. The van der Waals surface area contributed by atoms with Crippen LogP contribution < -0.4 is 0 Å². The van der Waals surface area contributed by atoms with E-state index in [1.807, 2.05) is 13.0 Å². The third-order valence-corrected chi connectivity index (χ3v) is 3.28. The van der Waals surface area contributed by atoms with Gasteiger partial charge in [0.15, 0.2) is 0 Å². The van der Waals surface area contributed by atoms with E-state index in [1.54, 1.807) is 0 Å². The van der Waals surface area contributed by atoms with E-state index in [4.69, 9.17) is 0 Å². The largest absolute Gasteiger partial charge is 0.388 e. The van der Waals surface area contributed by atoms with Crippen molar-refractivity contribution in [1.82, 2.24) is 0 Å². The maximum absolute atomic E-state index is 10.2. The summed E-state index contributed by atoms with van der Waals surface area (Å²) >= 11 is 0. The maximum Gasteiger partial charge on any atom is 0.0823 e. The topological polar surface area (TPSA) is 20.2 Å². The predicted octanol–water partition coefficient (Wildman–Crippen LogP) is 3.25. The molecular weight excluding hydrogens is 184 g/mol. The van der Waals surface area contributed by atoms with E-state index in [2.05, 4.69) is 30.4 Å². The molecule has 0 fully saturated rings. The predicted molar refractivity (Wildman–Crippen MR) is 62.6 cm³/mol. The van der Waals surface area contributed by atoms with Crippen LogP contribution in [0.25, 0.3) is 0 Å². The standard InChI is InChI=1S/C14H18O/c1-2-3-6-12-10-9-11-7-4-5-8-13(11)14(12)15/h2-5,7-8,12,14-15H,6,9-10H2,1H3/b3-2+/t12-,14+/m1/s1. The highest BCUT2D eigenvalue weighted by Crippen LogP contribution is 2.36. The molecule has 15 heavy (non-hydrogen) atoms. The first-order valence-electron chi connectivity index (χ1n) is 5.70. The van der Waals surface area contributed by atoms with Crippen molar-refractivity contribution >= 4 is 0 Å². The summed E-state index contributed by atoms with van der Waals surface area (Å²) in [6, 6.07) is 8.25. The van der Waals surface area contributed by atoms with Gasteiger partial charge in [0, 0.05) is 0 Å². The van der Waals surface area contributed by atoms with E-state index >= 15 is 0 Å². The van der Waals surface area contributed by atoms with Crippen LogP contribution in [0.15, 0.2) is 36.4 Å². The minimum Gasteiger partial charge on any atom is -0.388 e. The molecule has 0 aromatic heterocycles. The van der Waals surface area contributed by atoms with Gasteiger partial charge < -0.3 is 5.11 Å². The van der Waals surface area contributed by atoms with Gasteiger partial charge >= 0.3 is 0 Å². The van der Waals surface area contributed by atoms with Gasteiger partial charge in [-0.2, -0.15) is 0 Å². The van der Waals surface area contributed by atoms with Crippen LogP contribution >= 0.6 is 0 Å². The first kappa shape index (κ1) is 10.4. The fourth-order valence-corrected chi connectivity index (χ4v) is 2.36. The Kier molecular flexibility index (Phi) is 3.22. The Bertz CT molecular complexity index is 354. The summed E-state index contributed by atoms with van der Waals surface area (Å²) in [4.78, 5) is 0. The van der Waals surface area contributed by atoms with Gasteiger partial charge in [0.2, 0.25) is 0 Å². The van der Waals surface area contributed by atoms with Crippen molar-refractivity contribution in [2.45, 2.75) is 32.3 Å². The molecule has 0 radical (unpaired) electrons. The second kappa shape index (κ2) is 4.63. The zero-order valence-corrected chi connectivity index (χ0v) is 9.19. The molecule has 1 N–H and O–H groups in total. The average molecular weight is 202 g/mol. The summed E-state index contributed by atoms with van der Waals surface area (Å²) in [5, 5.41) is 10.2. The number of allylic oxidation sites excluding steroid dienone is 2. The van der Waals surface area contributed by atoms with Gasteiger partial charge in [-0.15, -0.1) is 0 Å². The van der Waals surface area contributed by atoms with Gasteiger partial charge in [-0.05, 0) is 43.2 Å². The smallest absolute Gasteiger partial charge is 0.0823 e. The van der Waals surface area contributed by atoms with E-state index < -0.39 is 0 Å². The number of aliphatic hydroxyl groups excluding tert-OH is 1.